The minimum atomic E-state index is -3.80. The van der Waals surface area contributed by atoms with Crippen molar-refractivity contribution < 1.29 is 8.42 Å². The predicted octanol–water partition coefficient (Wildman–Crippen LogP) is 2.63. The van der Waals surface area contributed by atoms with E-state index >= 15 is 0 Å². The third-order valence-corrected chi connectivity index (χ3v) is 5.29. The summed E-state index contributed by atoms with van der Waals surface area (Å²) in [6.07, 6.45) is 2.27. The highest BCUT2D eigenvalue weighted by atomic mass is 35.5. The maximum Gasteiger partial charge on any atom is 0.198 e. The first-order valence-electron chi connectivity index (χ1n) is 6.07. The van der Waals surface area contributed by atoms with E-state index in [2.05, 4.69) is 4.99 Å². The number of rotatable bonds is 3. The van der Waals surface area contributed by atoms with Crippen molar-refractivity contribution in [1.29, 1.82) is 5.26 Å². The summed E-state index contributed by atoms with van der Waals surface area (Å²) in [7, 11) is -3.80. The van der Waals surface area contributed by atoms with E-state index in [0.29, 0.717) is 13.0 Å². The van der Waals surface area contributed by atoms with Gasteiger partial charge in [-0.1, -0.05) is 35.4 Å². The first-order chi connectivity index (χ1) is 9.46. The van der Waals surface area contributed by atoms with E-state index in [0.717, 1.165) is 5.56 Å². The smallest absolute Gasteiger partial charge is 0.198 e. The van der Waals surface area contributed by atoms with Gasteiger partial charge in [0.25, 0.3) is 0 Å². The van der Waals surface area contributed by atoms with Crippen molar-refractivity contribution >= 4 is 26.6 Å². The molecule has 1 aliphatic rings. The largest absolute Gasteiger partial charge is 0.273 e. The van der Waals surface area contributed by atoms with E-state index in [-0.39, 0.29) is 15.6 Å². The minimum Gasteiger partial charge on any atom is -0.273 e. The van der Waals surface area contributed by atoms with E-state index in [9.17, 15) is 13.7 Å². The van der Waals surface area contributed by atoms with Gasteiger partial charge in [0.05, 0.1) is 11.0 Å². The fraction of sp³-hybridized carbons (Fsp3) is 0.286. The molecule has 0 bridgehead atoms. The molecule has 0 aliphatic carbocycles. The summed E-state index contributed by atoms with van der Waals surface area (Å²) in [4.78, 5) is 4.12. The van der Waals surface area contributed by atoms with Crippen LogP contribution in [0.1, 0.15) is 12.0 Å². The molecule has 0 amide bonds. The van der Waals surface area contributed by atoms with Crippen molar-refractivity contribution in [3.05, 3.63) is 41.5 Å². The fourth-order valence-electron chi connectivity index (χ4n) is 1.94. The molecule has 4 nitrogen and oxygen atoms in total. The molecule has 104 valence electrons. The monoisotopic (exact) mass is 308 g/mol. The lowest BCUT2D eigenvalue weighted by Gasteiger charge is -2.16. The molecule has 1 aromatic carbocycles. The second kappa shape index (κ2) is 5.78. The van der Waals surface area contributed by atoms with Gasteiger partial charge >= 0.3 is 0 Å². The van der Waals surface area contributed by atoms with Gasteiger partial charge in [-0.3, -0.25) is 4.99 Å². The van der Waals surface area contributed by atoms with Gasteiger partial charge in [-0.2, -0.15) is 5.26 Å². The normalized spacial score (nSPS) is 16.9. The fourth-order valence-corrected chi connectivity index (χ4v) is 3.75. The maximum absolute atomic E-state index is 12.5. The minimum absolute atomic E-state index is 0.110. The van der Waals surface area contributed by atoms with Crippen LogP contribution in [-0.2, 0) is 9.84 Å². The summed E-state index contributed by atoms with van der Waals surface area (Å²) < 4.78 is 25.1. The molecule has 20 heavy (non-hydrogen) atoms. The van der Waals surface area contributed by atoms with Crippen LogP contribution >= 0.6 is 11.6 Å². The third kappa shape index (κ3) is 2.77. The third-order valence-electron chi connectivity index (χ3n) is 3.04. The van der Waals surface area contributed by atoms with Crippen LogP contribution in [0.4, 0.5) is 0 Å². The number of benzene rings is 1. The molecule has 2 rings (SSSR count). The molecular formula is C14H13ClN2O2S. The molecule has 1 atom stereocenters. The van der Waals surface area contributed by atoms with Crippen molar-refractivity contribution in [3.63, 3.8) is 0 Å². The zero-order valence-corrected chi connectivity index (χ0v) is 12.4. The zero-order valence-electron chi connectivity index (χ0n) is 10.9. The SMILES string of the molecule is Cc1ccc(S(=O)(=O)C(C#N)C2=CCCN=C2Cl)cc1. The van der Waals surface area contributed by atoms with Crippen LogP contribution in [0.25, 0.3) is 0 Å². The Morgan fingerprint density at radius 2 is 2.00 bits per heavy atom. The second-order valence-electron chi connectivity index (χ2n) is 4.49. The van der Waals surface area contributed by atoms with Gasteiger partial charge in [0.15, 0.2) is 15.1 Å². The standard InChI is InChI=1S/C14H13ClN2O2S/c1-10-4-6-11(7-5-10)20(18,19)13(9-16)12-3-2-8-17-14(12)15/h3-7,13H,2,8H2,1H3. The lowest BCUT2D eigenvalue weighted by Crippen LogP contribution is -2.26. The molecule has 0 N–H and O–H groups in total. The van der Waals surface area contributed by atoms with Crippen molar-refractivity contribution in [2.75, 3.05) is 6.54 Å². The highest BCUT2D eigenvalue weighted by molar-refractivity contribution is 7.92. The van der Waals surface area contributed by atoms with Gasteiger partial charge in [0.2, 0.25) is 0 Å². The summed E-state index contributed by atoms with van der Waals surface area (Å²) in [5.74, 6) is 0. The number of sulfone groups is 1. The van der Waals surface area contributed by atoms with Crippen LogP contribution in [0.2, 0.25) is 0 Å². The Balaban J connectivity index is 2.46. The zero-order chi connectivity index (χ0) is 14.8. The van der Waals surface area contributed by atoms with Crippen LogP contribution in [0.15, 0.2) is 45.8 Å². The summed E-state index contributed by atoms with van der Waals surface area (Å²) >= 11 is 5.94. The molecule has 0 fully saturated rings. The van der Waals surface area contributed by atoms with Crippen LogP contribution in [0, 0.1) is 18.3 Å². The van der Waals surface area contributed by atoms with Gasteiger partial charge < -0.3 is 0 Å². The van der Waals surface area contributed by atoms with E-state index in [1.807, 2.05) is 13.0 Å². The summed E-state index contributed by atoms with van der Waals surface area (Å²) in [6.45, 7) is 2.39. The average molecular weight is 309 g/mol. The molecule has 0 radical (unpaired) electrons. The van der Waals surface area contributed by atoms with Crippen molar-refractivity contribution in [3.8, 4) is 6.07 Å². The first-order valence-corrected chi connectivity index (χ1v) is 8.00. The van der Waals surface area contributed by atoms with Crippen molar-refractivity contribution in [2.45, 2.75) is 23.5 Å². The average Bonchev–Trinajstić information content (AvgIpc) is 2.42. The predicted molar refractivity (Wildman–Crippen MR) is 78.6 cm³/mol. The van der Waals surface area contributed by atoms with Crippen LogP contribution in [0.5, 0.6) is 0 Å². The summed E-state index contributed by atoms with van der Waals surface area (Å²) in [6, 6.07) is 8.24. The van der Waals surface area contributed by atoms with E-state index in [1.165, 1.54) is 12.1 Å². The highest BCUT2D eigenvalue weighted by Gasteiger charge is 2.33. The highest BCUT2D eigenvalue weighted by Crippen LogP contribution is 2.25. The molecule has 0 saturated heterocycles. The van der Waals surface area contributed by atoms with Gasteiger partial charge in [0, 0.05) is 12.1 Å². The van der Waals surface area contributed by atoms with Crippen LogP contribution in [0.3, 0.4) is 0 Å². The molecule has 1 aromatic rings. The first kappa shape index (κ1) is 14.8. The Kier molecular flexibility index (Phi) is 4.26. The molecule has 0 aromatic heterocycles. The van der Waals surface area contributed by atoms with E-state index in [1.54, 1.807) is 18.2 Å². The molecule has 6 heteroatoms. The topological polar surface area (TPSA) is 70.3 Å². The molecular weight excluding hydrogens is 296 g/mol. The Morgan fingerprint density at radius 1 is 1.35 bits per heavy atom. The van der Waals surface area contributed by atoms with Crippen molar-refractivity contribution in [2.24, 2.45) is 4.99 Å². The molecule has 1 aliphatic heterocycles. The molecule has 0 spiro atoms. The van der Waals surface area contributed by atoms with E-state index in [4.69, 9.17) is 11.6 Å². The summed E-state index contributed by atoms with van der Waals surface area (Å²) in [5, 5.41) is 8.06. The number of aryl methyl sites for hydroxylation is 1. The number of nitriles is 1. The molecule has 0 saturated carbocycles. The number of halogens is 1. The van der Waals surface area contributed by atoms with Gasteiger partial charge in [-0.25, -0.2) is 8.42 Å². The molecule has 1 heterocycles. The second-order valence-corrected chi connectivity index (χ2v) is 6.88. The van der Waals surface area contributed by atoms with Crippen molar-refractivity contribution in [1.82, 2.24) is 0 Å². The Morgan fingerprint density at radius 3 is 2.55 bits per heavy atom. The maximum atomic E-state index is 12.5. The Labute approximate surface area is 123 Å². The number of aliphatic imine (C=N–C) groups is 1. The number of hydrogen-bond donors (Lipinski definition) is 0. The quantitative estimate of drug-likeness (QED) is 0.861. The Bertz CT molecular complexity index is 713. The number of nitrogens with zero attached hydrogens (tertiary/aromatic N) is 2. The Hall–Kier alpha value is -1.64. The van der Waals surface area contributed by atoms with E-state index < -0.39 is 15.1 Å². The van der Waals surface area contributed by atoms with Gasteiger partial charge in [0.1, 0.15) is 5.17 Å². The lowest BCUT2D eigenvalue weighted by molar-refractivity contribution is 0.594. The lowest BCUT2D eigenvalue weighted by atomic mass is 10.1. The van der Waals surface area contributed by atoms with Crippen LogP contribution < -0.4 is 0 Å². The molecule has 1 unspecified atom stereocenters. The van der Waals surface area contributed by atoms with Gasteiger partial charge in [-0.15, -0.1) is 0 Å². The summed E-state index contributed by atoms with van der Waals surface area (Å²) in [5.41, 5.74) is 1.23. The van der Waals surface area contributed by atoms with Gasteiger partial charge in [-0.05, 0) is 25.5 Å². The van der Waals surface area contributed by atoms with Crippen LogP contribution in [-0.4, -0.2) is 25.4 Å². The number of hydrogen-bond acceptors (Lipinski definition) is 4. The number of dihydropyridines is 1.